The minimum absolute atomic E-state index is 0.252. The number of nitrogen functional groups attached to an aromatic ring is 1. The van der Waals surface area contributed by atoms with Crippen LogP contribution in [-0.2, 0) is 4.74 Å². The first-order valence-electron chi connectivity index (χ1n) is 5.19. The maximum absolute atomic E-state index is 5.52. The number of benzene rings is 1. The molecule has 0 aliphatic carbocycles. The Hall–Kier alpha value is -2.36. The molecule has 17 heavy (non-hydrogen) atoms. The topological polar surface area (TPSA) is 61.0 Å². The van der Waals surface area contributed by atoms with Crippen molar-refractivity contribution in [2.75, 3.05) is 12.8 Å². The molecule has 1 aromatic heterocycles. The first-order chi connectivity index (χ1) is 8.29. The quantitative estimate of drug-likeness (QED) is 0.816. The van der Waals surface area contributed by atoms with Gasteiger partial charge in [-0.15, -0.1) is 0 Å². The predicted molar refractivity (Wildman–Crippen MR) is 67.8 cm³/mol. The minimum Gasteiger partial charge on any atom is -0.496 e. The number of hydrogen-bond acceptors (Lipinski definition) is 4. The molecular formula is C13H13N3O. The molecule has 0 atom stereocenters. The number of nitrogens with zero attached hydrogens (tertiary/aromatic N) is 2. The van der Waals surface area contributed by atoms with Crippen LogP contribution in [0.2, 0.25) is 0 Å². The zero-order valence-electron chi connectivity index (χ0n) is 9.50. The highest BCUT2D eigenvalue weighted by Gasteiger charge is 2.01. The van der Waals surface area contributed by atoms with Gasteiger partial charge < -0.3 is 10.5 Å². The molecule has 1 aromatic carbocycles. The average Bonchev–Trinajstić information content (AvgIpc) is 2.37. The van der Waals surface area contributed by atoms with Crippen LogP contribution in [0.1, 0.15) is 11.3 Å². The van der Waals surface area contributed by atoms with Crippen molar-refractivity contribution in [1.82, 2.24) is 9.97 Å². The summed E-state index contributed by atoms with van der Waals surface area (Å²) in [7, 11) is 1.63. The van der Waals surface area contributed by atoms with E-state index >= 15 is 0 Å². The number of aromatic nitrogens is 2. The summed E-state index contributed by atoms with van der Waals surface area (Å²) < 4.78 is 5.34. The van der Waals surface area contributed by atoms with Gasteiger partial charge in [0.2, 0.25) is 5.95 Å². The van der Waals surface area contributed by atoms with Gasteiger partial charge in [0.25, 0.3) is 0 Å². The van der Waals surface area contributed by atoms with Gasteiger partial charge >= 0.3 is 0 Å². The standard InChI is InChI=1S/C13H13N3O/c1-17-12(10-5-3-2-4-6-10)9-11-7-8-15-13(14)16-11/h2-9H,1H3,(H2,14,15,16)/b12-9-. The minimum atomic E-state index is 0.252. The van der Waals surface area contributed by atoms with Crippen LogP contribution < -0.4 is 5.73 Å². The maximum atomic E-state index is 5.52. The molecular weight excluding hydrogens is 214 g/mol. The number of rotatable bonds is 3. The molecule has 2 aromatic rings. The second-order valence-electron chi connectivity index (χ2n) is 3.42. The van der Waals surface area contributed by atoms with Crippen molar-refractivity contribution < 1.29 is 4.74 Å². The van der Waals surface area contributed by atoms with E-state index in [1.165, 1.54) is 0 Å². The summed E-state index contributed by atoms with van der Waals surface area (Å²) in [4.78, 5) is 7.94. The molecule has 0 spiro atoms. The van der Waals surface area contributed by atoms with Gasteiger partial charge in [-0.1, -0.05) is 30.3 Å². The number of nitrogens with two attached hydrogens (primary N) is 1. The van der Waals surface area contributed by atoms with Crippen molar-refractivity contribution in [3.8, 4) is 0 Å². The Morgan fingerprint density at radius 3 is 2.65 bits per heavy atom. The molecule has 0 bridgehead atoms. The van der Waals surface area contributed by atoms with Gasteiger partial charge in [0.1, 0.15) is 5.76 Å². The van der Waals surface area contributed by atoms with Crippen molar-refractivity contribution >= 4 is 17.8 Å². The molecule has 2 N–H and O–H groups in total. The van der Waals surface area contributed by atoms with Crippen molar-refractivity contribution in [2.24, 2.45) is 0 Å². The Morgan fingerprint density at radius 1 is 1.24 bits per heavy atom. The summed E-state index contributed by atoms with van der Waals surface area (Å²) in [5.41, 5.74) is 7.24. The Labute approximate surface area is 99.8 Å². The van der Waals surface area contributed by atoms with Crippen molar-refractivity contribution in [3.05, 3.63) is 53.9 Å². The summed E-state index contributed by atoms with van der Waals surface area (Å²) in [6.45, 7) is 0. The molecule has 2 rings (SSSR count). The van der Waals surface area contributed by atoms with Crippen LogP contribution in [0.15, 0.2) is 42.6 Å². The Kier molecular flexibility index (Phi) is 3.35. The van der Waals surface area contributed by atoms with Crippen LogP contribution in [-0.4, -0.2) is 17.1 Å². The SMILES string of the molecule is CO/C(=C\c1ccnc(N)n1)c1ccccc1. The predicted octanol–water partition coefficient (Wildman–Crippen LogP) is 2.20. The maximum Gasteiger partial charge on any atom is 0.220 e. The smallest absolute Gasteiger partial charge is 0.220 e. The van der Waals surface area contributed by atoms with E-state index in [0.29, 0.717) is 0 Å². The van der Waals surface area contributed by atoms with Gasteiger partial charge in [0.05, 0.1) is 12.8 Å². The third-order valence-corrected chi connectivity index (χ3v) is 2.25. The second kappa shape index (κ2) is 5.12. The summed E-state index contributed by atoms with van der Waals surface area (Å²) in [6, 6.07) is 11.6. The van der Waals surface area contributed by atoms with Crippen LogP contribution in [0.5, 0.6) is 0 Å². The van der Waals surface area contributed by atoms with Gasteiger partial charge in [0, 0.05) is 17.8 Å². The fourth-order valence-corrected chi connectivity index (χ4v) is 1.47. The fraction of sp³-hybridized carbons (Fsp3) is 0.0769. The lowest BCUT2D eigenvalue weighted by atomic mass is 10.1. The summed E-state index contributed by atoms with van der Waals surface area (Å²) in [6.07, 6.45) is 3.44. The summed E-state index contributed by atoms with van der Waals surface area (Å²) in [5.74, 6) is 0.992. The monoisotopic (exact) mass is 227 g/mol. The van der Waals surface area contributed by atoms with Gasteiger partial charge in [0.15, 0.2) is 0 Å². The molecule has 1 heterocycles. The molecule has 0 aliphatic heterocycles. The van der Waals surface area contributed by atoms with Crippen LogP contribution in [0.25, 0.3) is 11.8 Å². The van der Waals surface area contributed by atoms with Crippen LogP contribution in [0, 0.1) is 0 Å². The lowest BCUT2D eigenvalue weighted by molar-refractivity contribution is 0.372. The zero-order valence-corrected chi connectivity index (χ0v) is 9.50. The van der Waals surface area contributed by atoms with Gasteiger partial charge in [-0.05, 0) is 6.07 Å². The average molecular weight is 227 g/mol. The third-order valence-electron chi connectivity index (χ3n) is 2.25. The molecule has 0 saturated carbocycles. The van der Waals surface area contributed by atoms with E-state index in [1.54, 1.807) is 19.4 Å². The zero-order chi connectivity index (χ0) is 12.1. The first-order valence-corrected chi connectivity index (χ1v) is 5.19. The number of anilines is 1. The van der Waals surface area contributed by atoms with Crippen LogP contribution in [0.4, 0.5) is 5.95 Å². The van der Waals surface area contributed by atoms with Gasteiger partial charge in [-0.2, -0.15) is 0 Å². The van der Waals surface area contributed by atoms with E-state index in [1.807, 2.05) is 36.4 Å². The molecule has 0 amide bonds. The fourth-order valence-electron chi connectivity index (χ4n) is 1.47. The van der Waals surface area contributed by atoms with Crippen LogP contribution in [0.3, 0.4) is 0 Å². The van der Waals surface area contributed by atoms with E-state index in [2.05, 4.69) is 9.97 Å². The highest BCUT2D eigenvalue weighted by molar-refractivity contribution is 5.76. The van der Waals surface area contributed by atoms with E-state index in [0.717, 1.165) is 17.0 Å². The third kappa shape index (κ3) is 2.81. The molecule has 4 nitrogen and oxygen atoms in total. The van der Waals surface area contributed by atoms with Crippen molar-refractivity contribution in [3.63, 3.8) is 0 Å². The lowest BCUT2D eigenvalue weighted by Gasteiger charge is -2.05. The van der Waals surface area contributed by atoms with Gasteiger partial charge in [-0.25, -0.2) is 9.97 Å². The number of methoxy groups -OCH3 is 1. The van der Waals surface area contributed by atoms with Crippen molar-refractivity contribution in [2.45, 2.75) is 0 Å². The van der Waals surface area contributed by atoms with Crippen molar-refractivity contribution in [1.29, 1.82) is 0 Å². The van der Waals surface area contributed by atoms with E-state index in [4.69, 9.17) is 10.5 Å². The van der Waals surface area contributed by atoms with E-state index in [-0.39, 0.29) is 5.95 Å². The Balaban J connectivity index is 2.36. The number of ether oxygens (including phenoxy) is 1. The molecule has 0 aliphatic rings. The lowest BCUT2D eigenvalue weighted by Crippen LogP contribution is -1.95. The normalized spacial score (nSPS) is 11.2. The first kappa shape index (κ1) is 11.1. The molecule has 0 saturated heterocycles. The molecule has 0 fully saturated rings. The highest BCUT2D eigenvalue weighted by atomic mass is 16.5. The largest absolute Gasteiger partial charge is 0.496 e. The van der Waals surface area contributed by atoms with E-state index in [9.17, 15) is 0 Å². The molecule has 4 heteroatoms. The second-order valence-corrected chi connectivity index (χ2v) is 3.42. The molecule has 0 radical (unpaired) electrons. The Morgan fingerprint density at radius 2 is 2.00 bits per heavy atom. The van der Waals surface area contributed by atoms with Gasteiger partial charge in [-0.3, -0.25) is 0 Å². The summed E-state index contributed by atoms with van der Waals surface area (Å²) in [5, 5.41) is 0. The van der Waals surface area contributed by atoms with Crippen LogP contribution >= 0.6 is 0 Å². The summed E-state index contributed by atoms with van der Waals surface area (Å²) >= 11 is 0. The molecule has 0 unspecified atom stereocenters. The van der Waals surface area contributed by atoms with E-state index < -0.39 is 0 Å². The molecule has 86 valence electrons. The number of hydrogen-bond donors (Lipinski definition) is 1. The Bertz CT molecular complexity index is 523. The highest BCUT2D eigenvalue weighted by Crippen LogP contribution is 2.17.